The third-order valence-electron chi connectivity index (χ3n) is 4.63. The smallest absolute Gasteiger partial charge is 0.0657 e. The maximum atomic E-state index is 5.48. The average Bonchev–Trinajstić information content (AvgIpc) is 2.70. The second kappa shape index (κ2) is 12.5. The molecule has 0 saturated heterocycles. The van der Waals surface area contributed by atoms with Gasteiger partial charge in [-0.05, 0) is 24.0 Å². The Labute approximate surface area is 159 Å². The summed E-state index contributed by atoms with van der Waals surface area (Å²) in [4.78, 5) is 0. The van der Waals surface area contributed by atoms with Crippen molar-refractivity contribution in [2.75, 3.05) is 13.7 Å². The minimum absolute atomic E-state index is 0.163. The van der Waals surface area contributed by atoms with Crippen molar-refractivity contribution in [1.82, 2.24) is 5.32 Å². The number of benzene rings is 2. The summed E-state index contributed by atoms with van der Waals surface area (Å²) < 4.78 is 5.48. The zero-order chi connectivity index (χ0) is 18.5. The highest BCUT2D eigenvalue weighted by Crippen LogP contribution is 2.22. The van der Waals surface area contributed by atoms with E-state index in [-0.39, 0.29) is 12.1 Å². The molecule has 2 aromatic rings. The number of unbranched alkanes of at least 4 members (excludes halogenated alkanes) is 4. The van der Waals surface area contributed by atoms with Crippen LogP contribution < -0.4 is 5.32 Å². The zero-order valence-corrected chi connectivity index (χ0v) is 16.2. The SMILES string of the molecule is CCCCCC/C=C\[C@@H](N[C@@H](COC)c1ccccc1)c1ccccc1. The van der Waals surface area contributed by atoms with Gasteiger partial charge in [0.15, 0.2) is 0 Å². The van der Waals surface area contributed by atoms with E-state index in [4.69, 9.17) is 4.74 Å². The summed E-state index contributed by atoms with van der Waals surface area (Å²) in [6.07, 6.45) is 11.0. The van der Waals surface area contributed by atoms with Crippen LogP contribution >= 0.6 is 0 Å². The summed E-state index contributed by atoms with van der Waals surface area (Å²) in [5, 5.41) is 3.78. The monoisotopic (exact) mass is 351 g/mol. The molecule has 0 heterocycles. The van der Waals surface area contributed by atoms with Gasteiger partial charge < -0.3 is 4.74 Å². The van der Waals surface area contributed by atoms with E-state index in [2.05, 4.69) is 85.1 Å². The molecular weight excluding hydrogens is 318 g/mol. The van der Waals surface area contributed by atoms with Crippen molar-refractivity contribution in [1.29, 1.82) is 0 Å². The van der Waals surface area contributed by atoms with E-state index in [9.17, 15) is 0 Å². The first-order valence-electron chi connectivity index (χ1n) is 9.86. The molecule has 2 aromatic carbocycles. The van der Waals surface area contributed by atoms with Crippen molar-refractivity contribution in [3.63, 3.8) is 0 Å². The highest BCUT2D eigenvalue weighted by molar-refractivity contribution is 5.25. The minimum Gasteiger partial charge on any atom is -0.383 e. The number of hydrogen-bond acceptors (Lipinski definition) is 2. The van der Waals surface area contributed by atoms with Crippen LogP contribution in [0, 0.1) is 0 Å². The highest BCUT2D eigenvalue weighted by atomic mass is 16.5. The molecule has 0 amide bonds. The molecule has 1 N–H and O–H groups in total. The maximum Gasteiger partial charge on any atom is 0.0657 e. The Bertz CT molecular complexity index is 609. The van der Waals surface area contributed by atoms with E-state index in [0.717, 1.165) is 6.42 Å². The average molecular weight is 352 g/mol. The van der Waals surface area contributed by atoms with Gasteiger partial charge in [0, 0.05) is 7.11 Å². The van der Waals surface area contributed by atoms with Crippen molar-refractivity contribution >= 4 is 0 Å². The topological polar surface area (TPSA) is 21.3 Å². The fraction of sp³-hybridized carbons (Fsp3) is 0.417. The van der Waals surface area contributed by atoms with Crippen LogP contribution in [0.3, 0.4) is 0 Å². The van der Waals surface area contributed by atoms with Gasteiger partial charge in [0.2, 0.25) is 0 Å². The third kappa shape index (κ3) is 7.15. The lowest BCUT2D eigenvalue weighted by molar-refractivity contribution is 0.163. The summed E-state index contributed by atoms with van der Waals surface area (Å²) in [5.74, 6) is 0. The van der Waals surface area contributed by atoms with Gasteiger partial charge in [0.1, 0.15) is 0 Å². The summed E-state index contributed by atoms with van der Waals surface area (Å²) in [7, 11) is 1.76. The van der Waals surface area contributed by atoms with E-state index in [1.54, 1.807) is 7.11 Å². The van der Waals surface area contributed by atoms with Gasteiger partial charge in [-0.25, -0.2) is 0 Å². The summed E-state index contributed by atoms with van der Waals surface area (Å²) in [6, 6.07) is 21.5. The van der Waals surface area contributed by atoms with Gasteiger partial charge in [-0.2, -0.15) is 0 Å². The second-order valence-corrected chi connectivity index (χ2v) is 6.75. The fourth-order valence-corrected chi connectivity index (χ4v) is 3.15. The van der Waals surface area contributed by atoms with Gasteiger partial charge in [0.05, 0.1) is 18.7 Å². The van der Waals surface area contributed by atoms with Crippen LogP contribution in [-0.4, -0.2) is 13.7 Å². The molecule has 2 heteroatoms. The lowest BCUT2D eigenvalue weighted by Crippen LogP contribution is -2.28. The fourth-order valence-electron chi connectivity index (χ4n) is 3.15. The van der Waals surface area contributed by atoms with Crippen molar-refractivity contribution in [2.45, 2.75) is 51.1 Å². The molecule has 0 saturated carbocycles. The van der Waals surface area contributed by atoms with E-state index < -0.39 is 0 Å². The Hall–Kier alpha value is -1.90. The molecule has 2 rings (SSSR count). The number of methoxy groups -OCH3 is 1. The van der Waals surface area contributed by atoms with Crippen molar-refractivity contribution < 1.29 is 4.74 Å². The highest BCUT2D eigenvalue weighted by Gasteiger charge is 2.16. The van der Waals surface area contributed by atoms with E-state index in [1.807, 2.05) is 0 Å². The number of allylic oxidation sites excluding steroid dienone is 1. The standard InChI is InChI=1S/C24H33NO/c1-3-4-5-6-7-14-19-23(21-15-10-8-11-16-21)25-24(20-26-2)22-17-12-9-13-18-22/h8-19,23-25H,3-7,20H2,1-2H3/b19-14-/t23-,24+/m1/s1. The molecule has 26 heavy (non-hydrogen) atoms. The number of ether oxygens (including phenoxy) is 1. The summed E-state index contributed by atoms with van der Waals surface area (Å²) in [6.45, 7) is 2.91. The van der Waals surface area contributed by atoms with E-state index in [1.165, 1.54) is 36.8 Å². The molecule has 0 aromatic heterocycles. The second-order valence-electron chi connectivity index (χ2n) is 6.75. The van der Waals surface area contributed by atoms with Crippen LogP contribution in [0.1, 0.15) is 62.2 Å². The number of nitrogens with one attached hydrogen (secondary N) is 1. The van der Waals surface area contributed by atoms with E-state index in [0.29, 0.717) is 6.61 Å². The first-order valence-corrected chi connectivity index (χ1v) is 9.86. The number of hydrogen-bond donors (Lipinski definition) is 1. The van der Waals surface area contributed by atoms with Crippen LogP contribution in [-0.2, 0) is 4.74 Å². The molecule has 0 spiro atoms. The molecular formula is C24H33NO. The molecule has 0 unspecified atom stereocenters. The van der Waals surface area contributed by atoms with Gasteiger partial charge in [-0.15, -0.1) is 0 Å². The van der Waals surface area contributed by atoms with Crippen LogP contribution in [0.4, 0.5) is 0 Å². The normalized spacial score (nSPS) is 13.8. The zero-order valence-electron chi connectivity index (χ0n) is 16.2. The van der Waals surface area contributed by atoms with Gasteiger partial charge in [0.25, 0.3) is 0 Å². The Morgan fingerprint density at radius 3 is 2.15 bits per heavy atom. The van der Waals surface area contributed by atoms with Crippen LogP contribution in [0.25, 0.3) is 0 Å². The van der Waals surface area contributed by atoms with Gasteiger partial charge in [-0.3, -0.25) is 5.32 Å². The molecule has 0 aliphatic rings. The van der Waals surface area contributed by atoms with Crippen molar-refractivity contribution in [3.05, 3.63) is 83.9 Å². The first kappa shape index (κ1) is 20.4. The number of rotatable bonds is 12. The predicted octanol–water partition coefficient (Wildman–Crippen LogP) is 6.23. The molecule has 2 atom stereocenters. The molecule has 0 radical (unpaired) electrons. The molecule has 0 fully saturated rings. The van der Waals surface area contributed by atoms with Gasteiger partial charge in [-0.1, -0.05) is 99.0 Å². The third-order valence-corrected chi connectivity index (χ3v) is 4.63. The van der Waals surface area contributed by atoms with Crippen molar-refractivity contribution in [3.8, 4) is 0 Å². The maximum absolute atomic E-state index is 5.48. The lowest BCUT2D eigenvalue weighted by Gasteiger charge is -2.24. The Morgan fingerprint density at radius 2 is 1.54 bits per heavy atom. The molecule has 2 nitrogen and oxygen atoms in total. The van der Waals surface area contributed by atoms with Crippen LogP contribution in [0.5, 0.6) is 0 Å². The van der Waals surface area contributed by atoms with Crippen LogP contribution in [0.2, 0.25) is 0 Å². The summed E-state index contributed by atoms with van der Waals surface area (Å²) >= 11 is 0. The Balaban J connectivity index is 2.08. The van der Waals surface area contributed by atoms with Gasteiger partial charge >= 0.3 is 0 Å². The summed E-state index contributed by atoms with van der Waals surface area (Å²) in [5.41, 5.74) is 2.54. The predicted molar refractivity (Wildman–Crippen MR) is 111 cm³/mol. The first-order chi connectivity index (χ1) is 12.8. The molecule has 0 aliphatic heterocycles. The lowest BCUT2D eigenvalue weighted by atomic mass is 10.0. The van der Waals surface area contributed by atoms with E-state index >= 15 is 0 Å². The molecule has 0 aliphatic carbocycles. The van der Waals surface area contributed by atoms with Crippen molar-refractivity contribution in [2.24, 2.45) is 0 Å². The molecule has 140 valence electrons. The Morgan fingerprint density at radius 1 is 0.885 bits per heavy atom. The van der Waals surface area contributed by atoms with Crippen LogP contribution in [0.15, 0.2) is 72.8 Å². The Kier molecular flexibility index (Phi) is 9.78. The minimum atomic E-state index is 0.163. The quantitative estimate of drug-likeness (QED) is 0.361. The largest absolute Gasteiger partial charge is 0.383 e. The molecule has 0 bridgehead atoms.